The first-order valence-corrected chi connectivity index (χ1v) is 8.53. The van der Waals surface area contributed by atoms with E-state index in [0.29, 0.717) is 31.3 Å². The summed E-state index contributed by atoms with van der Waals surface area (Å²) in [6, 6.07) is 7.71. The average Bonchev–Trinajstić information content (AvgIpc) is 2.57. The highest BCUT2D eigenvalue weighted by atomic mass is 35.5. The van der Waals surface area contributed by atoms with Crippen LogP contribution in [0.5, 0.6) is 0 Å². The molecule has 1 unspecified atom stereocenters. The Morgan fingerprint density at radius 1 is 1.25 bits per heavy atom. The summed E-state index contributed by atoms with van der Waals surface area (Å²) in [6.07, 6.45) is 0.262. The minimum Gasteiger partial charge on any atom is -0.379 e. The van der Waals surface area contributed by atoms with Crippen LogP contribution in [0.4, 0.5) is 0 Å². The van der Waals surface area contributed by atoms with Crippen LogP contribution in [0.15, 0.2) is 24.3 Å². The van der Waals surface area contributed by atoms with Gasteiger partial charge < -0.3 is 15.4 Å². The van der Waals surface area contributed by atoms with Crippen LogP contribution < -0.4 is 10.6 Å². The van der Waals surface area contributed by atoms with Crippen molar-refractivity contribution in [1.82, 2.24) is 15.5 Å². The molecule has 2 amide bonds. The predicted molar refractivity (Wildman–Crippen MR) is 92.9 cm³/mol. The average molecular weight is 354 g/mol. The monoisotopic (exact) mass is 353 g/mol. The van der Waals surface area contributed by atoms with E-state index in [-0.39, 0.29) is 24.3 Å². The van der Waals surface area contributed by atoms with Crippen LogP contribution in [0.2, 0.25) is 5.02 Å². The van der Waals surface area contributed by atoms with Crippen LogP contribution in [0.1, 0.15) is 24.9 Å². The van der Waals surface area contributed by atoms with Gasteiger partial charge >= 0.3 is 0 Å². The Balaban J connectivity index is 1.97. The molecule has 1 aromatic carbocycles. The van der Waals surface area contributed by atoms with E-state index in [4.69, 9.17) is 16.3 Å². The van der Waals surface area contributed by atoms with E-state index in [9.17, 15) is 9.59 Å². The molecule has 1 aromatic rings. The summed E-state index contributed by atoms with van der Waals surface area (Å²) in [5, 5.41) is 6.26. The van der Waals surface area contributed by atoms with E-state index in [2.05, 4.69) is 15.5 Å². The van der Waals surface area contributed by atoms with Gasteiger partial charge in [0.05, 0.1) is 19.3 Å². The summed E-state index contributed by atoms with van der Waals surface area (Å²) in [5.74, 6) is -0.223. The van der Waals surface area contributed by atoms with Gasteiger partial charge in [0.25, 0.3) is 0 Å². The molecule has 2 rings (SSSR count). The van der Waals surface area contributed by atoms with Gasteiger partial charge in [-0.25, -0.2) is 0 Å². The molecule has 0 spiro atoms. The summed E-state index contributed by atoms with van der Waals surface area (Å²) >= 11 is 6.35. The fraction of sp³-hybridized carbons (Fsp3) is 0.529. The zero-order chi connectivity index (χ0) is 17.4. The second-order valence-electron chi connectivity index (χ2n) is 5.72. The number of amides is 2. The number of hydrogen-bond acceptors (Lipinski definition) is 4. The van der Waals surface area contributed by atoms with Crippen LogP contribution in [-0.4, -0.2) is 56.1 Å². The summed E-state index contributed by atoms with van der Waals surface area (Å²) in [7, 11) is 0. The van der Waals surface area contributed by atoms with Crippen molar-refractivity contribution in [3.63, 3.8) is 0 Å². The number of nitrogens with one attached hydrogen (secondary N) is 2. The Morgan fingerprint density at radius 3 is 2.62 bits per heavy atom. The molecular formula is C17H24ClN3O3. The summed E-state index contributed by atoms with van der Waals surface area (Å²) in [5.41, 5.74) is 1.00. The van der Waals surface area contributed by atoms with Crippen LogP contribution in [-0.2, 0) is 14.3 Å². The summed E-state index contributed by atoms with van der Waals surface area (Å²) in [4.78, 5) is 25.1. The first-order chi connectivity index (χ1) is 11.6. The SMILES string of the molecule is CC(=O)NCCC(=O)NCC(c1ccccc1Cl)N1CCOCC1. The highest BCUT2D eigenvalue weighted by Gasteiger charge is 2.24. The third-order valence-electron chi connectivity index (χ3n) is 3.97. The van der Waals surface area contributed by atoms with Gasteiger partial charge in [0.1, 0.15) is 0 Å². The number of rotatable bonds is 7. The topological polar surface area (TPSA) is 70.7 Å². The van der Waals surface area contributed by atoms with Crippen molar-refractivity contribution in [2.24, 2.45) is 0 Å². The number of nitrogens with zero attached hydrogens (tertiary/aromatic N) is 1. The Bertz CT molecular complexity index is 562. The van der Waals surface area contributed by atoms with Gasteiger partial charge in [-0.3, -0.25) is 14.5 Å². The zero-order valence-corrected chi connectivity index (χ0v) is 14.6. The lowest BCUT2D eigenvalue weighted by atomic mass is 10.0. The fourth-order valence-corrected chi connectivity index (χ4v) is 2.98. The molecule has 1 heterocycles. The molecule has 1 fully saturated rings. The molecule has 1 atom stereocenters. The van der Waals surface area contributed by atoms with Crippen molar-refractivity contribution < 1.29 is 14.3 Å². The van der Waals surface area contributed by atoms with E-state index in [1.165, 1.54) is 6.92 Å². The lowest BCUT2D eigenvalue weighted by Crippen LogP contribution is -2.44. The van der Waals surface area contributed by atoms with Gasteiger partial charge in [-0.1, -0.05) is 29.8 Å². The predicted octanol–water partition coefficient (Wildman–Crippen LogP) is 1.36. The van der Waals surface area contributed by atoms with Gasteiger partial charge in [-0.05, 0) is 11.6 Å². The largest absolute Gasteiger partial charge is 0.379 e. The molecule has 132 valence electrons. The van der Waals surface area contributed by atoms with Gasteiger partial charge in [-0.2, -0.15) is 0 Å². The van der Waals surface area contributed by atoms with E-state index in [1.54, 1.807) is 0 Å². The maximum Gasteiger partial charge on any atom is 0.221 e. The van der Waals surface area contributed by atoms with E-state index in [1.807, 2.05) is 24.3 Å². The van der Waals surface area contributed by atoms with Crippen LogP contribution in [0.3, 0.4) is 0 Å². The van der Waals surface area contributed by atoms with Crippen molar-refractivity contribution in [3.8, 4) is 0 Å². The number of ether oxygens (including phenoxy) is 1. The smallest absolute Gasteiger partial charge is 0.221 e. The number of hydrogen-bond donors (Lipinski definition) is 2. The lowest BCUT2D eigenvalue weighted by Gasteiger charge is -2.35. The van der Waals surface area contributed by atoms with Gasteiger partial charge in [0.15, 0.2) is 0 Å². The van der Waals surface area contributed by atoms with Crippen molar-refractivity contribution in [2.75, 3.05) is 39.4 Å². The van der Waals surface area contributed by atoms with E-state index in [0.717, 1.165) is 18.7 Å². The van der Waals surface area contributed by atoms with Crippen LogP contribution in [0.25, 0.3) is 0 Å². The molecule has 0 saturated carbocycles. The lowest BCUT2D eigenvalue weighted by molar-refractivity contribution is -0.121. The molecule has 24 heavy (non-hydrogen) atoms. The maximum absolute atomic E-state index is 12.0. The third-order valence-corrected chi connectivity index (χ3v) is 4.31. The van der Waals surface area contributed by atoms with Gasteiger partial charge in [-0.15, -0.1) is 0 Å². The first kappa shape index (κ1) is 18.7. The second kappa shape index (κ2) is 9.61. The maximum atomic E-state index is 12.0. The summed E-state index contributed by atoms with van der Waals surface area (Å²) < 4.78 is 5.41. The molecular weight excluding hydrogens is 330 g/mol. The molecule has 1 aliphatic heterocycles. The number of benzene rings is 1. The Hall–Kier alpha value is -1.63. The Morgan fingerprint density at radius 2 is 1.96 bits per heavy atom. The van der Waals surface area contributed by atoms with E-state index >= 15 is 0 Å². The quantitative estimate of drug-likeness (QED) is 0.776. The molecule has 7 heteroatoms. The number of carbonyl (C=O) groups is 2. The molecule has 1 saturated heterocycles. The molecule has 1 aliphatic rings. The molecule has 0 bridgehead atoms. The third kappa shape index (κ3) is 5.78. The highest BCUT2D eigenvalue weighted by molar-refractivity contribution is 6.31. The first-order valence-electron chi connectivity index (χ1n) is 8.15. The van der Waals surface area contributed by atoms with Gasteiger partial charge in [0, 0.05) is 44.5 Å². The zero-order valence-electron chi connectivity index (χ0n) is 13.9. The summed E-state index contributed by atoms with van der Waals surface area (Å²) in [6.45, 7) is 5.21. The Labute approximate surface area is 147 Å². The normalized spacial score (nSPS) is 16.4. The van der Waals surface area contributed by atoms with Crippen molar-refractivity contribution in [2.45, 2.75) is 19.4 Å². The van der Waals surface area contributed by atoms with Crippen molar-refractivity contribution in [1.29, 1.82) is 0 Å². The number of carbonyl (C=O) groups excluding carboxylic acids is 2. The molecule has 0 aromatic heterocycles. The Kier molecular flexibility index (Phi) is 7.49. The highest BCUT2D eigenvalue weighted by Crippen LogP contribution is 2.27. The minimum absolute atomic E-state index is 0.00677. The van der Waals surface area contributed by atoms with Crippen molar-refractivity contribution >= 4 is 23.4 Å². The van der Waals surface area contributed by atoms with Crippen LogP contribution in [0, 0.1) is 0 Å². The molecule has 6 nitrogen and oxygen atoms in total. The fourth-order valence-electron chi connectivity index (χ4n) is 2.72. The molecule has 0 aliphatic carbocycles. The second-order valence-corrected chi connectivity index (χ2v) is 6.13. The standard InChI is InChI=1S/C17H24ClN3O3/c1-13(22)19-7-6-17(23)20-12-16(21-8-10-24-11-9-21)14-4-2-3-5-15(14)18/h2-5,16H,6-12H2,1H3,(H,19,22)(H,20,23). The molecule has 0 radical (unpaired) electrons. The van der Waals surface area contributed by atoms with Crippen molar-refractivity contribution in [3.05, 3.63) is 34.9 Å². The number of halogens is 1. The van der Waals surface area contributed by atoms with E-state index < -0.39 is 0 Å². The van der Waals surface area contributed by atoms with Crippen LogP contribution >= 0.6 is 11.6 Å². The number of morpholine rings is 1. The minimum atomic E-state index is -0.134. The molecule has 2 N–H and O–H groups in total. The van der Waals surface area contributed by atoms with Gasteiger partial charge in [0.2, 0.25) is 11.8 Å².